The van der Waals surface area contributed by atoms with Gasteiger partial charge >= 0.3 is 0 Å². The fourth-order valence-corrected chi connectivity index (χ4v) is 2.02. The monoisotopic (exact) mass is 381 g/mol. The molecule has 0 aromatic heterocycles. The Hall–Kier alpha value is -1.31. The van der Waals surface area contributed by atoms with Crippen LogP contribution < -0.4 is 5.32 Å². The van der Waals surface area contributed by atoms with Crippen molar-refractivity contribution in [1.82, 2.24) is 0 Å². The van der Waals surface area contributed by atoms with E-state index in [1.165, 1.54) is 12.1 Å². The molecule has 0 saturated heterocycles. The van der Waals surface area contributed by atoms with Crippen LogP contribution in [0.2, 0.25) is 0 Å². The molecule has 0 aliphatic carbocycles. The van der Waals surface area contributed by atoms with Crippen molar-refractivity contribution in [2.45, 2.75) is 6.67 Å². The number of nitrogens with one attached hydrogen (secondary N) is 1. The van der Waals surface area contributed by atoms with E-state index in [0.717, 1.165) is 12.1 Å². The van der Waals surface area contributed by atoms with Crippen molar-refractivity contribution in [3.63, 3.8) is 0 Å². The van der Waals surface area contributed by atoms with Gasteiger partial charge in [-0.2, -0.15) is 0 Å². The Balaban J connectivity index is 2.45. The molecular formula is C13H8F4IN. The van der Waals surface area contributed by atoms with Crippen LogP contribution in [0.25, 0.3) is 0 Å². The zero-order chi connectivity index (χ0) is 14.0. The minimum Gasteiger partial charge on any atom is -0.350 e. The molecule has 0 fully saturated rings. The molecule has 2 aromatic carbocycles. The highest BCUT2D eigenvalue weighted by molar-refractivity contribution is 14.1. The Bertz CT molecular complexity index is 616. The van der Waals surface area contributed by atoms with E-state index < -0.39 is 24.1 Å². The van der Waals surface area contributed by atoms with E-state index in [4.69, 9.17) is 0 Å². The molecule has 0 aliphatic heterocycles. The van der Waals surface area contributed by atoms with Gasteiger partial charge in [-0.15, -0.1) is 0 Å². The summed E-state index contributed by atoms with van der Waals surface area (Å²) in [7, 11) is 0. The fraction of sp³-hybridized carbons (Fsp3) is 0.0769. The molecule has 2 rings (SSSR count). The fourth-order valence-electron chi connectivity index (χ4n) is 1.56. The second kappa shape index (κ2) is 5.77. The molecule has 100 valence electrons. The molecule has 0 atom stereocenters. The number of hydrogen-bond donors (Lipinski definition) is 1. The van der Waals surface area contributed by atoms with Crippen molar-refractivity contribution in [2.24, 2.45) is 0 Å². The van der Waals surface area contributed by atoms with Gasteiger partial charge in [0.15, 0.2) is 11.6 Å². The van der Waals surface area contributed by atoms with Crippen LogP contribution in [0.1, 0.15) is 5.56 Å². The van der Waals surface area contributed by atoms with Gasteiger partial charge in [-0.3, -0.25) is 0 Å². The summed E-state index contributed by atoms with van der Waals surface area (Å²) in [5, 5.41) is 2.39. The Kier molecular flexibility index (Phi) is 4.28. The molecule has 0 radical (unpaired) electrons. The topological polar surface area (TPSA) is 12.0 Å². The number of benzene rings is 2. The van der Waals surface area contributed by atoms with Crippen molar-refractivity contribution in [2.75, 3.05) is 5.32 Å². The average molecular weight is 381 g/mol. The van der Waals surface area contributed by atoms with Crippen LogP contribution in [0.15, 0.2) is 30.3 Å². The molecule has 2 aromatic rings. The standard InChI is InChI=1S/C13H8F4IN/c14-6-7-1-3-9(15)12(17)13(7)19-11-4-2-8(18)5-10(11)16/h1-5,19H,6H2. The summed E-state index contributed by atoms with van der Waals surface area (Å²) in [4.78, 5) is 0. The van der Waals surface area contributed by atoms with Gasteiger partial charge < -0.3 is 5.32 Å². The Morgan fingerprint density at radius 1 is 1.00 bits per heavy atom. The van der Waals surface area contributed by atoms with Crippen LogP contribution in [-0.2, 0) is 6.67 Å². The summed E-state index contributed by atoms with van der Waals surface area (Å²) in [5.41, 5.74) is -0.501. The lowest BCUT2D eigenvalue weighted by Gasteiger charge is -2.12. The van der Waals surface area contributed by atoms with Gasteiger partial charge in [0.2, 0.25) is 0 Å². The van der Waals surface area contributed by atoms with Crippen LogP contribution in [0, 0.1) is 21.0 Å². The third-order valence-electron chi connectivity index (χ3n) is 2.52. The molecular weight excluding hydrogens is 373 g/mol. The van der Waals surface area contributed by atoms with Crippen molar-refractivity contribution >= 4 is 34.0 Å². The predicted octanol–water partition coefficient (Wildman–Crippen LogP) is 4.92. The first-order chi connectivity index (χ1) is 9.02. The number of hydrogen-bond acceptors (Lipinski definition) is 1. The highest BCUT2D eigenvalue weighted by atomic mass is 127. The largest absolute Gasteiger partial charge is 0.350 e. The van der Waals surface area contributed by atoms with Gasteiger partial charge in [0.25, 0.3) is 0 Å². The molecule has 0 spiro atoms. The van der Waals surface area contributed by atoms with Crippen molar-refractivity contribution in [3.8, 4) is 0 Å². The van der Waals surface area contributed by atoms with E-state index in [1.54, 1.807) is 6.07 Å². The van der Waals surface area contributed by atoms with Gasteiger partial charge in [0.1, 0.15) is 12.5 Å². The lowest BCUT2D eigenvalue weighted by atomic mass is 10.1. The van der Waals surface area contributed by atoms with Crippen molar-refractivity contribution < 1.29 is 17.6 Å². The normalized spacial score (nSPS) is 10.6. The minimum absolute atomic E-state index is 0.0420. The zero-order valence-corrected chi connectivity index (χ0v) is 11.6. The third-order valence-corrected chi connectivity index (χ3v) is 3.19. The number of anilines is 2. The molecule has 0 unspecified atom stereocenters. The molecule has 0 aliphatic rings. The number of rotatable bonds is 3. The van der Waals surface area contributed by atoms with Crippen LogP contribution in [-0.4, -0.2) is 0 Å². The van der Waals surface area contributed by atoms with E-state index in [1.807, 2.05) is 22.6 Å². The summed E-state index contributed by atoms with van der Waals surface area (Å²) >= 11 is 1.92. The molecule has 0 bridgehead atoms. The first-order valence-corrected chi connectivity index (χ1v) is 6.35. The van der Waals surface area contributed by atoms with Gasteiger partial charge in [0, 0.05) is 9.13 Å². The predicted molar refractivity (Wildman–Crippen MR) is 73.6 cm³/mol. The smallest absolute Gasteiger partial charge is 0.182 e. The van der Waals surface area contributed by atoms with E-state index >= 15 is 0 Å². The summed E-state index contributed by atoms with van der Waals surface area (Å²) in [6.07, 6.45) is 0. The molecule has 0 heterocycles. The van der Waals surface area contributed by atoms with Crippen LogP contribution in [0.3, 0.4) is 0 Å². The molecule has 1 nitrogen and oxygen atoms in total. The maximum atomic E-state index is 13.6. The maximum Gasteiger partial charge on any atom is 0.182 e. The lowest BCUT2D eigenvalue weighted by Crippen LogP contribution is -2.02. The molecule has 1 N–H and O–H groups in total. The highest BCUT2D eigenvalue weighted by Gasteiger charge is 2.15. The van der Waals surface area contributed by atoms with Gasteiger partial charge in [0.05, 0.1) is 11.4 Å². The minimum atomic E-state index is -1.23. The summed E-state index contributed by atoms with van der Waals surface area (Å²) in [5.74, 6) is -2.97. The SMILES string of the molecule is FCc1ccc(F)c(F)c1Nc1ccc(I)cc1F. The quantitative estimate of drug-likeness (QED) is 0.588. The van der Waals surface area contributed by atoms with E-state index in [0.29, 0.717) is 3.57 Å². The molecule has 0 saturated carbocycles. The molecule has 6 heteroatoms. The Morgan fingerprint density at radius 3 is 2.37 bits per heavy atom. The lowest BCUT2D eigenvalue weighted by molar-refractivity contribution is 0.475. The van der Waals surface area contributed by atoms with E-state index in [9.17, 15) is 17.6 Å². The second-order valence-electron chi connectivity index (χ2n) is 3.78. The first kappa shape index (κ1) is 14.1. The maximum absolute atomic E-state index is 13.6. The third kappa shape index (κ3) is 2.99. The first-order valence-electron chi connectivity index (χ1n) is 5.28. The van der Waals surface area contributed by atoms with Crippen molar-refractivity contribution in [3.05, 3.63) is 56.9 Å². The van der Waals surface area contributed by atoms with Crippen molar-refractivity contribution in [1.29, 1.82) is 0 Å². The van der Waals surface area contributed by atoms with E-state index in [2.05, 4.69) is 5.32 Å². The second-order valence-corrected chi connectivity index (χ2v) is 5.02. The van der Waals surface area contributed by atoms with Gasteiger partial charge in [-0.05, 0) is 46.9 Å². The van der Waals surface area contributed by atoms with E-state index in [-0.39, 0.29) is 16.9 Å². The number of halogens is 5. The summed E-state index contributed by atoms with van der Waals surface area (Å²) < 4.78 is 53.8. The van der Waals surface area contributed by atoms with Gasteiger partial charge in [-0.1, -0.05) is 6.07 Å². The summed E-state index contributed by atoms with van der Waals surface area (Å²) in [6, 6.07) is 6.15. The van der Waals surface area contributed by atoms with Gasteiger partial charge in [-0.25, -0.2) is 17.6 Å². The van der Waals surface area contributed by atoms with Crippen LogP contribution in [0.5, 0.6) is 0 Å². The summed E-state index contributed by atoms with van der Waals surface area (Å²) in [6.45, 7) is -0.981. The molecule has 0 amide bonds. The zero-order valence-electron chi connectivity index (χ0n) is 9.48. The average Bonchev–Trinajstić information content (AvgIpc) is 2.38. The number of alkyl halides is 1. The molecule has 19 heavy (non-hydrogen) atoms. The highest BCUT2D eigenvalue weighted by Crippen LogP contribution is 2.28. The van der Waals surface area contributed by atoms with Crippen LogP contribution >= 0.6 is 22.6 Å². The van der Waals surface area contributed by atoms with Crippen LogP contribution in [0.4, 0.5) is 28.9 Å². The Morgan fingerprint density at radius 2 is 1.74 bits per heavy atom. The Labute approximate surface area is 120 Å².